The second kappa shape index (κ2) is 6.56. The number of methoxy groups -OCH3 is 1. The van der Waals surface area contributed by atoms with Gasteiger partial charge in [0.2, 0.25) is 0 Å². The predicted octanol–water partition coefficient (Wildman–Crippen LogP) is 2.72. The third-order valence-electron chi connectivity index (χ3n) is 3.79. The van der Waals surface area contributed by atoms with Gasteiger partial charge in [-0.3, -0.25) is 0 Å². The number of ether oxygens (including phenoxy) is 2. The van der Waals surface area contributed by atoms with Gasteiger partial charge in [-0.15, -0.1) is 0 Å². The van der Waals surface area contributed by atoms with E-state index in [0.29, 0.717) is 18.8 Å². The van der Waals surface area contributed by atoms with Crippen LogP contribution in [0.1, 0.15) is 27.7 Å². The van der Waals surface area contributed by atoms with Crippen molar-refractivity contribution in [2.24, 2.45) is 0 Å². The number of amides is 1. The van der Waals surface area contributed by atoms with Crippen LogP contribution in [0, 0.1) is 0 Å². The van der Waals surface area contributed by atoms with Gasteiger partial charge >= 0.3 is 6.09 Å². The van der Waals surface area contributed by atoms with Crippen molar-refractivity contribution in [3.8, 4) is 5.75 Å². The van der Waals surface area contributed by atoms with Crippen molar-refractivity contribution in [1.29, 1.82) is 0 Å². The molecule has 1 heterocycles. The van der Waals surface area contributed by atoms with Crippen LogP contribution in [0.3, 0.4) is 0 Å². The smallest absolute Gasteiger partial charge is 0.410 e. The molecule has 0 unspecified atom stereocenters. The van der Waals surface area contributed by atoms with Crippen molar-refractivity contribution in [3.05, 3.63) is 18.2 Å². The Bertz CT molecular complexity index is 569. The molecule has 6 nitrogen and oxygen atoms in total. The molecule has 1 aliphatic rings. The lowest BCUT2D eigenvalue weighted by atomic mass is 10.1. The first kappa shape index (κ1) is 17.2. The Morgan fingerprint density at radius 2 is 2.00 bits per heavy atom. The number of hydrogen-bond acceptors (Lipinski definition) is 5. The molecule has 1 amide bonds. The van der Waals surface area contributed by atoms with E-state index >= 15 is 0 Å². The molecule has 0 bridgehead atoms. The molecule has 0 spiro atoms. The van der Waals surface area contributed by atoms with E-state index in [-0.39, 0.29) is 12.1 Å². The maximum absolute atomic E-state index is 12.2. The number of anilines is 2. The first-order valence-electron chi connectivity index (χ1n) is 7.89. The summed E-state index contributed by atoms with van der Waals surface area (Å²) in [7, 11) is 1.64. The lowest BCUT2D eigenvalue weighted by Gasteiger charge is -2.41. The molecule has 1 fully saturated rings. The van der Waals surface area contributed by atoms with Crippen LogP contribution < -0.4 is 15.4 Å². The Labute approximate surface area is 138 Å². The van der Waals surface area contributed by atoms with Gasteiger partial charge in [-0.1, -0.05) is 0 Å². The van der Waals surface area contributed by atoms with Crippen LogP contribution in [0.25, 0.3) is 0 Å². The van der Waals surface area contributed by atoms with Crippen molar-refractivity contribution < 1.29 is 14.3 Å². The molecule has 2 N–H and O–H groups in total. The molecule has 6 heteroatoms. The third kappa shape index (κ3) is 4.21. The van der Waals surface area contributed by atoms with Gasteiger partial charge in [-0.2, -0.15) is 0 Å². The SMILES string of the molecule is COc1cc(N)ccc1N1CCN(C(=O)OC(C)(C)C)C[C@@H]1C. The molecule has 0 radical (unpaired) electrons. The summed E-state index contributed by atoms with van der Waals surface area (Å²) in [5.74, 6) is 0.752. The molecule has 128 valence electrons. The number of nitrogens with zero attached hydrogens (tertiary/aromatic N) is 2. The van der Waals surface area contributed by atoms with Crippen molar-refractivity contribution in [1.82, 2.24) is 4.90 Å². The fourth-order valence-corrected chi connectivity index (χ4v) is 2.74. The minimum atomic E-state index is -0.475. The normalized spacial score (nSPS) is 18.7. The Kier molecular flexibility index (Phi) is 4.92. The van der Waals surface area contributed by atoms with Gasteiger partial charge in [0.05, 0.1) is 12.8 Å². The molecule has 1 saturated heterocycles. The number of rotatable bonds is 2. The summed E-state index contributed by atoms with van der Waals surface area (Å²) in [6.07, 6.45) is -0.256. The second-order valence-corrected chi connectivity index (χ2v) is 6.90. The second-order valence-electron chi connectivity index (χ2n) is 6.90. The summed E-state index contributed by atoms with van der Waals surface area (Å²) in [6.45, 7) is 9.68. The molecule has 1 aliphatic heterocycles. The van der Waals surface area contributed by atoms with Gasteiger partial charge < -0.3 is 25.0 Å². The molecule has 0 aliphatic carbocycles. The van der Waals surface area contributed by atoms with Gasteiger partial charge in [-0.25, -0.2) is 4.79 Å². The number of hydrogen-bond donors (Lipinski definition) is 1. The average molecular weight is 321 g/mol. The minimum absolute atomic E-state index is 0.161. The minimum Gasteiger partial charge on any atom is -0.495 e. The van der Waals surface area contributed by atoms with Crippen LogP contribution in [0.15, 0.2) is 18.2 Å². The summed E-state index contributed by atoms with van der Waals surface area (Å²) in [5, 5.41) is 0. The summed E-state index contributed by atoms with van der Waals surface area (Å²) >= 11 is 0. The fourth-order valence-electron chi connectivity index (χ4n) is 2.74. The summed E-state index contributed by atoms with van der Waals surface area (Å²) in [5.41, 5.74) is 7.02. The topological polar surface area (TPSA) is 68.0 Å². The van der Waals surface area contributed by atoms with E-state index in [1.165, 1.54) is 0 Å². The van der Waals surface area contributed by atoms with E-state index in [1.807, 2.05) is 39.0 Å². The third-order valence-corrected chi connectivity index (χ3v) is 3.79. The quantitative estimate of drug-likeness (QED) is 0.848. The molecule has 1 aromatic rings. The monoisotopic (exact) mass is 321 g/mol. The first-order valence-corrected chi connectivity index (χ1v) is 7.89. The maximum Gasteiger partial charge on any atom is 0.410 e. The van der Waals surface area contributed by atoms with Gasteiger partial charge in [0, 0.05) is 37.4 Å². The summed E-state index contributed by atoms with van der Waals surface area (Å²) in [6, 6.07) is 5.81. The van der Waals surface area contributed by atoms with E-state index in [9.17, 15) is 4.79 Å². The van der Waals surface area contributed by atoms with E-state index in [4.69, 9.17) is 15.2 Å². The van der Waals surface area contributed by atoms with Crippen LogP contribution in [-0.2, 0) is 4.74 Å². The van der Waals surface area contributed by atoms with E-state index < -0.39 is 5.60 Å². The van der Waals surface area contributed by atoms with Crippen molar-refractivity contribution >= 4 is 17.5 Å². The molecular formula is C17H27N3O3. The van der Waals surface area contributed by atoms with Crippen molar-refractivity contribution in [2.45, 2.75) is 39.3 Å². The highest BCUT2D eigenvalue weighted by Crippen LogP contribution is 2.32. The van der Waals surface area contributed by atoms with Gasteiger partial charge in [0.1, 0.15) is 11.4 Å². The predicted molar refractivity (Wildman–Crippen MR) is 92.0 cm³/mol. The van der Waals surface area contributed by atoms with Gasteiger partial charge in [-0.05, 0) is 39.8 Å². The van der Waals surface area contributed by atoms with Crippen LogP contribution in [0.2, 0.25) is 0 Å². The molecule has 2 rings (SSSR count). The van der Waals surface area contributed by atoms with Gasteiger partial charge in [0.15, 0.2) is 0 Å². The number of piperazine rings is 1. The number of benzene rings is 1. The van der Waals surface area contributed by atoms with Crippen molar-refractivity contribution in [2.75, 3.05) is 37.4 Å². The lowest BCUT2D eigenvalue weighted by molar-refractivity contribution is 0.0218. The van der Waals surface area contributed by atoms with Crippen LogP contribution in [-0.4, -0.2) is 49.4 Å². The largest absolute Gasteiger partial charge is 0.495 e. The Hall–Kier alpha value is -2.11. The molecule has 0 aromatic heterocycles. The fraction of sp³-hybridized carbons (Fsp3) is 0.588. The zero-order chi connectivity index (χ0) is 17.2. The highest BCUT2D eigenvalue weighted by molar-refractivity contribution is 5.70. The Morgan fingerprint density at radius 3 is 2.57 bits per heavy atom. The zero-order valence-electron chi connectivity index (χ0n) is 14.6. The number of carbonyl (C=O) groups is 1. The van der Waals surface area contributed by atoms with Crippen LogP contribution in [0.4, 0.5) is 16.2 Å². The summed E-state index contributed by atoms with van der Waals surface area (Å²) < 4.78 is 10.9. The maximum atomic E-state index is 12.2. The molecule has 1 atom stereocenters. The van der Waals surface area contributed by atoms with E-state index in [1.54, 1.807) is 12.0 Å². The Balaban J connectivity index is 2.09. The van der Waals surface area contributed by atoms with E-state index in [2.05, 4.69) is 11.8 Å². The lowest BCUT2D eigenvalue weighted by Crippen LogP contribution is -2.54. The number of nitrogens with two attached hydrogens (primary N) is 1. The summed E-state index contributed by atoms with van der Waals surface area (Å²) in [4.78, 5) is 16.2. The molecule has 1 aromatic carbocycles. The molecular weight excluding hydrogens is 294 g/mol. The van der Waals surface area contributed by atoms with Crippen molar-refractivity contribution in [3.63, 3.8) is 0 Å². The first-order chi connectivity index (χ1) is 10.7. The highest BCUT2D eigenvalue weighted by Gasteiger charge is 2.30. The Morgan fingerprint density at radius 1 is 1.30 bits per heavy atom. The number of nitrogen functional groups attached to an aromatic ring is 1. The number of carbonyl (C=O) groups excluding carboxylic acids is 1. The van der Waals surface area contributed by atoms with E-state index in [0.717, 1.165) is 18.0 Å². The van der Waals surface area contributed by atoms with Crippen LogP contribution >= 0.6 is 0 Å². The zero-order valence-corrected chi connectivity index (χ0v) is 14.6. The molecule has 23 heavy (non-hydrogen) atoms. The molecule has 0 saturated carbocycles. The average Bonchev–Trinajstić information content (AvgIpc) is 2.45. The van der Waals surface area contributed by atoms with Gasteiger partial charge in [0.25, 0.3) is 0 Å². The highest BCUT2D eigenvalue weighted by atomic mass is 16.6. The standard InChI is InChI=1S/C17H27N3O3/c1-12-11-19(16(21)23-17(2,3)4)8-9-20(12)14-7-6-13(18)10-15(14)22-5/h6-7,10,12H,8-9,11,18H2,1-5H3/t12-/m0/s1. The van der Waals surface area contributed by atoms with Crippen LogP contribution in [0.5, 0.6) is 5.75 Å².